The van der Waals surface area contributed by atoms with E-state index < -0.39 is 11.6 Å². The fraction of sp³-hybridized carbons (Fsp3) is 0.583. The molecule has 2 rings (SSSR count). The van der Waals surface area contributed by atoms with Crippen LogP contribution in [-0.2, 0) is 0 Å². The number of nitrogens with zero attached hydrogens (tertiary/aromatic N) is 1. The smallest absolute Gasteiger partial charge is 0.168 e. The van der Waals surface area contributed by atoms with E-state index in [0.717, 1.165) is 31.7 Å². The Morgan fingerprint density at radius 3 is 2.59 bits per heavy atom. The van der Waals surface area contributed by atoms with Crippen LogP contribution in [-0.4, -0.2) is 17.6 Å². The van der Waals surface area contributed by atoms with Gasteiger partial charge in [-0.2, -0.15) is 0 Å². The third-order valence-electron chi connectivity index (χ3n) is 2.92. The molecular formula is C12H17F2N3. The molecule has 0 spiro atoms. The van der Waals surface area contributed by atoms with Gasteiger partial charge in [-0.3, -0.25) is 0 Å². The normalized spacial score (nSPS) is 15.5. The molecule has 0 aliphatic heterocycles. The lowest BCUT2D eigenvalue weighted by atomic mass is 9.93. The highest BCUT2D eigenvalue weighted by Crippen LogP contribution is 2.25. The highest BCUT2D eigenvalue weighted by Gasteiger charge is 2.20. The summed E-state index contributed by atoms with van der Waals surface area (Å²) in [6.45, 7) is 2.60. The topological polar surface area (TPSA) is 37.0 Å². The van der Waals surface area contributed by atoms with E-state index in [4.69, 9.17) is 0 Å². The number of halogens is 2. The zero-order valence-electron chi connectivity index (χ0n) is 9.89. The van der Waals surface area contributed by atoms with Gasteiger partial charge < -0.3 is 10.6 Å². The van der Waals surface area contributed by atoms with Crippen molar-refractivity contribution < 1.29 is 8.78 Å². The third kappa shape index (κ3) is 2.84. The Kier molecular flexibility index (Phi) is 3.76. The summed E-state index contributed by atoms with van der Waals surface area (Å²) >= 11 is 0. The molecule has 0 radical (unpaired) electrons. The number of rotatable bonds is 5. The molecule has 0 atom stereocenters. The van der Waals surface area contributed by atoms with Crippen LogP contribution < -0.4 is 10.6 Å². The van der Waals surface area contributed by atoms with Gasteiger partial charge in [-0.05, 0) is 25.7 Å². The molecule has 1 aliphatic rings. The molecule has 0 bridgehead atoms. The van der Waals surface area contributed by atoms with Crippen molar-refractivity contribution in [1.82, 2.24) is 4.98 Å². The van der Waals surface area contributed by atoms with Crippen LogP contribution >= 0.6 is 0 Å². The van der Waals surface area contributed by atoms with E-state index in [1.807, 2.05) is 6.92 Å². The van der Waals surface area contributed by atoms with Crippen LogP contribution in [0.1, 0.15) is 32.6 Å². The predicted octanol–water partition coefficient (Wildman–Crippen LogP) is 3.15. The Bertz CT molecular complexity index is 392. The number of anilines is 2. The molecule has 1 aromatic rings. The first-order valence-corrected chi connectivity index (χ1v) is 6.07. The molecule has 17 heavy (non-hydrogen) atoms. The van der Waals surface area contributed by atoms with Gasteiger partial charge in [0.25, 0.3) is 0 Å². The molecule has 1 aromatic heterocycles. The van der Waals surface area contributed by atoms with Gasteiger partial charge in [-0.1, -0.05) is 6.92 Å². The van der Waals surface area contributed by atoms with E-state index >= 15 is 0 Å². The SMILES string of the molecule is CCCNc1nc(NC2CCC2)c(F)cc1F. The van der Waals surface area contributed by atoms with Crippen molar-refractivity contribution in [1.29, 1.82) is 0 Å². The van der Waals surface area contributed by atoms with Gasteiger partial charge in [0.2, 0.25) is 0 Å². The summed E-state index contributed by atoms with van der Waals surface area (Å²) in [7, 11) is 0. The summed E-state index contributed by atoms with van der Waals surface area (Å²) in [5.74, 6) is -1.00. The van der Waals surface area contributed by atoms with Crippen molar-refractivity contribution in [2.75, 3.05) is 17.2 Å². The van der Waals surface area contributed by atoms with Gasteiger partial charge in [0, 0.05) is 18.7 Å². The van der Waals surface area contributed by atoms with Crippen LogP contribution in [0.2, 0.25) is 0 Å². The van der Waals surface area contributed by atoms with E-state index in [9.17, 15) is 8.78 Å². The molecule has 1 heterocycles. The highest BCUT2D eigenvalue weighted by atomic mass is 19.1. The van der Waals surface area contributed by atoms with Crippen molar-refractivity contribution in [2.45, 2.75) is 38.6 Å². The Morgan fingerprint density at radius 2 is 2.00 bits per heavy atom. The molecule has 0 aromatic carbocycles. The zero-order valence-corrected chi connectivity index (χ0v) is 9.89. The quantitative estimate of drug-likeness (QED) is 0.831. The van der Waals surface area contributed by atoms with E-state index in [2.05, 4.69) is 15.6 Å². The fourth-order valence-corrected chi connectivity index (χ4v) is 1.68. The number of hydrogen-bond donors (Lipinski definition) is 2. The van der Waals surface area contributed by atoms with Gasteiger partial charge in [-0.15, -0.1) is 0 Å². The minimum Gasteiger partial charge on any atom is -0.368 e. The molecule has 0 saturated heterocycles. The molecule has 0 unspecified atom stereocenters. The summed E-state index contributed by atoms with van der Waals surface area (Å²) in [5, 5.41) is 5.84. The van der Waals surface area contributed by atoms with Gasteiger partial charge >= 0.3 is 0 Å². The number of aromatic nitrogens is 1. The highest BCUT2D eigenvalue weighted by molar-refractivity contribution is 5.48. The Morgan fingerprint density at radius 1 is 1.29 bits per heavy atom. The van der Waals surface area contributed by atoms with Crippen molar-refractivity contribution in [3.8, 4) is 0 Å². The maximum Gasteiger partial charge on any atom is 0.168 e. The van der Waals surface area contributed by atoms with E-state index in [1.54, 1.807) is 0 Å². The van der Waals surface area contributed by atoms with Crippen LogP contribution in [0.5, 0.6) is 0 Å². The van der Waals surface area contributed by atoms with Crippen LogP contribution in [0.15, 0.2) is 6.07 Å². The first-order valence-electron chi connectivity index (χ1n) is 6.07. The average molecular weight is 241 g/mol. The van der Waals surface area contributed by atoms with Crippen molar-refractivity contribution >= 4 is 11.6 Å². The standard InChI is InChI=1S/C12H17F2N3/c1-2-6-15-11-9(13)7-10(14)12(17-11)16-8-4-3-5-8/h7-8H,2-6H2,1H3,(H2,15,16,17). The molecule has 1 aliphatic carbocycles. The minimum atomic E-state index is -0.643. The monoisotopic (exact) mass is 241 g/mol. The molecule has 0 amide bonds. The summed E-state index contributed by atoms with van der Waals surface area (Å²) in [5.41, 5.74) is 0. The minimum absolute atomic E-state index is 0.120. The lowest BCUT2D eigenvalue weighted by Gasteiger charge is -2.27. The summed E-state index contributed by atoms with van der Waals surface area (Å²) < 4.78 is 26.9. The summed E-state index contributed by atoms with van der Waals surface area (Å²) in [6.07, 6.45) is 4.07. The summed E-state index contributed by atoms with van der Waals surface area (Å²) in [4.78, 5) is 3.96. The van der Waals surface area contributed by atoms with E-state index in [1.165, 1.54) is 0 Å². The van der Waals surface area contributed by atoms with Crippen molar-refractivity contribution in [2.24, 2.45) is 0 Å². The van der Waals surface area contributed by atoms with Gasteiger partial charge in [0.05, 0.1) is 0 Å². The third-order valence-corrected chi connectivity index (χ3v) is 2.92. The van der Waals surface area contributed by atoms with Gasteiger partial charge in [0.1, 0.15) is 0 Å². The molecule has 2 N–H and O–H groups in total. The van der Waals surface area contributed by atoms with E-state index in [0.29, 0.717) is 6.54 Å². The Balaban J connectivity index is 2.12. The lowest BCUT2D eigenvalue weighted by molar-refractivity contribution is 0.441. The Hall–Kier alpha value is -1.39. The first-order chi connectivity index (χ1) is 8.20. The van der Waals surface area contributed by atoms with Crippen LogP contribution in [0.3, 0.4) is 0 Å². The zero-order chi connectivity index (χ0) is 12.3. The second-order valence-corrected chi connectivity index (χ2v) is 4.35. The Labute approximate surface area is 99.6 Å². The second-order valence-electron chi connectivity index (χ2n) is 4.35. The maximum absolute atomic E-state index is 13.5. The second kappa shape index (κ2) is 5.29. The first kappa shape index (κ1) is 12.1. The lowest BCUT2D eigenvalue weighted by Crippen LogP contribution is -2.28. The number of pyridine rings is 1. The molecule has 5 heteroatoms. The van der Waals surface area contributed by atoms with Crippen LogP contribution in [0.4, 0.5) is 20.4 Å². The van der Waals surface area contributed by atoms with Gasteiger partial charge in [0.15, 0.2) is 23.3 Å². The molecule has 94 valence electrons. The van der Waals surface area contributed by atoms with Crippen LogP contribution in [0.25, 0.3) is 0 Å². The van der Waals surface area contributed by atoms with Gasteiger partial charge in [-0.25, -0.2) is 13.8 Å². The fourth-order valence-electron chi connectivity index (χ4n) is 1.68. The largest absolute Gasteiger partial charge is 0.368 e. The predicted molar refractivity (Wildman–Crippen MR) is 64.2 cm³/mol. The average Bonchev–Trinajstić information content (AvgIpc) is 2.24. The number of nitrogens with one attached hydrogen (secondary N) is 2. The number of hydrogen-bond acceptors (Lipinski definition) is 3. The summed E-state index contributed by atoms with van der Waals surface area (Å²) in [6, 6.07) is 1.16. The molecular weight excluding hydrogens is 224 g/mol. The molecule has 3 nitrogen and oxygen atoms in total. The molecule has 1 fully saturated rings. The van der Waals surface area contributed by atoms with E-state index in [-0.39, 0.29) is 17.7 Å². The molecule has 1 saturated carbocycles. The maximum atomic E-state index is 13.5. The van der Waals surface area contributed by atoms with Crippen molar-refractivity contribution in [3.05, 3.63) is 17.7 Å². The van der Waals surface area contributed by atoms with Crippen molar-refractivity contribution in [3.63, 3.8) is 0 Å². The van der Waals surface area contributed by atoms with Crippen LogP contribution in [0, 0.1) is 11.6 Å².